The number of nitrogens with zero attached hydrogens (tertiary/aromatic N) is 3. The average Bonchev–Trinajstić information content (AvgIpc) is 3.18. The highest BCUT2D eigenvalue weighted by atomic mass is 32.2. The first-order chi connectivity index (χ1) is 11.4. The van der Waals surface area contributed by atoms with Gasteiger partial charge in [0, 0.05) is 31.2 Å². The molecule has 2 aromatic rings. The van der Waals surface area contributed by atoms with Crippen molar-refractivity contribution >= 4 is 21.8 Å². The lowest BCUT2D eigenvalue weighted by atomic mass is 10.2. The number of hydrogen-bond donors (Lipinski definition) is 3. The molecule has 1 fully saturated rings. The first-order valence-corrected chi connectivity index (χ1v) is 8.89. The Labute approximate surface area is 138 Å². The molecule has 1 aliphatic rings. The number of rotatable bonds is 6. The van der Waals surface area contributed by atoms with Crippen molar-refractivity contribution < 1.29 is 18.3 Å². The smallest absolute Gasteiger partial charge is 0.320 e. The van der Waals surface area contributed by atoms with Gasteiger partial charge in [-0.3, -0.25) is 19.2 Å². The van der Waals surface area contributed by atoms with E-state index in [4.69, 9.17) is 5.11 Å². The van der Waals surface area contributed by atoms with E-state index >= 15 is 0 Å². The minimum atomic E-state index is -3.70. The molecule has 0 aromatic carbocycles. The molecule has 9 nitrogen and oxygen atoms in total. The summed E-state index contributed by atoms with van der Waals surface area (Å²) in [5, 5.41) is 15.0. The van der Waals surface area contributed by atoms with Crippen molar-refractivity contribution in [3.05, 3.63) is 42.4 Å². The van der Waals surface area contributed by atoms with E-state index in [1.165, 1.54) is 0 Å². The Bertz CT molecular complexity index is 821. The van der Waals surface area contributed by atoms with Crippen LogP contribution in [0.25, 0.3) is 0 Å². The number of anilines is 1. The Balaban J connectivity index is 1.65. The van der Waals surface area contributed by atoms with Gasteiger partial charge in [0.2, 0.25) is 10.0 Å². The van der Waals surface area contributed by atoms with Gasteiger partial charge in [0.05, 0.1) is 11.8 Å². The molecule has 3 N–H and O–H groups in total. The number of pyridine rings is 1. The summed E-state index contributed by atoms with van der Waals surface area (Å²) in [5.41, 5.74) is 0.992. The first kappa shape index (κ1) is 16.4. The molecule has 3 heterocycles. The maximum atomic E-state index is 12.3. The highest BCUT2D eigenvalue weighted by molar-refractivity contribution is 7.93. The van der Waals surface area contributed by atoms with Crippen molar-refractivity contribution in [1.29, 1.82) is 0 Å². The second kappa shape index (κ2) is 6.57. The number of aromatic nitrogens is 3. The van der Waals surface area contributed by atoms with Gasteiger partial charge in [-0.05, 0) is 24.1 Å². The molecule has 2 unspecified atom stereocenters. The highest BCUT2D eigenvalue weighted by Gasteiger charge is 2.37. The average molecular weight is 351 g/mol. The lowest BCUT2D eigenvalue weighted by molar-refractivity contribution is -0.139. The normalized spacial score (nSPS) is 20.8. The van der Waals surface area contributed by atoms with E-state index in [1.54, 1.807) is 29.3 Å². The van der Waals surface area contributed by atoms with Gasteiger partial charge in [-0.1, -0.05) is 0 Å². The topological polar surface area (TPSA) is 126 Å². The Hall–Kier alpha value is -2.46. The summed E-state index contributed by atoms with van der Waals surface area (Å²) < 4.78 is 28.7. The number of nitrogens with one attached hydrogen (secondary N) is 2. The zero-order valence-electron chi connectivity index (χ0n) is 12.7. The molecule has 3 rings (SSSR count). The van der Waals surface area contributed by atoms with E-state index in [2.05, 4.69) is 20.1 Å². The van der Waals surface area contributed by atoms with Gasteiger partial charge in [-0.15, -0.1) is 0 Å². The van der Waals surface area contributed by atoms with Gasteiger partial charge >= 0.3 is 5.97 Å². The van der Waals surface area contributed by atoms with Gasteiger partial charge in [0.1, 0.15) is 6.04 Å². The molecule has 1 saturated heterocycles. The van der Waals surface area contributed by atoms with Gasteiger partial charge in [-0.25, -0.2) is 8.42 Å². The molecule has 0 saturated carbocycles. The van der Waals surface area contributed by atoms with Crippen LogP contribution in [0.15, 0.2) is 36.8 Å². The fourth-order valence-corrected chi connectivity index (χ4v) is 3.86. The van der Waals surface area contributed by atoms with Crippen LogP contribution in [-0.2, 0) is 21.4 Å². The van der Waals surface area contributed by atoms with Gasteiger partial charge in [-0.2, -0.15) is 5.10 Å². The molecular weight excluding hydrogens is 334 g/mol. The van der Waals surface area contributed by atoms with Crippen LogP contribution in [0.5, 0.6) is 0 Å². The molecule has 2 aromatic heterocycles. The predicted molar refractivity (Wildman–Crippen MR) is 85.9 cm³/mol. The molecule has 0 aliphatic carbocycles. The van der Waals surface area contributed by atoms with Crippen molar-refractivity contribution in [1.82, 2.24) is 20.1 Å². The van der Waals surface area contributed by atoms with E-state index in [0.717, 1.165) is 5.56 Å². The summed E-state index contributed by atoms with van der Waals surface area (Å²) in [5.74, 6) is -0.836. The van der Waals surface area contributed by atoms with Crippen molar-refractivity contribution in [2.24, 2.45) is 0 Å². The van der Waals surface area contributed by atoms with Crippen molar-refractivity contribution in [2.45, 2.75) is 24.3 Å². The lowest BCUT2D eigenvalue weighted by Gasteiger charge is -2.11. The summed E-state index contributed by atoms with van der Waals surface area (Å²) in [6.07, 6.45) is 5.05. The second-order valence-corrected chi connectivity index (χ2v) is 7.52. The summed E-state index contributed by atoms with van der Waals surface area (Å²) in [6.45, 7) is 0.598. The zero-order chi connectivity index (χ0) is 17.2. The van der Waals surface area contributed by atoms with Crippen molar-refractivity contribution in [3.63, 3.8) is 0 Å². The SMILES string of the molecule is O=C(O)C1CC(S(=O)(=O)Nc2ccn(Cc3ccncc3)n2)CN1. The van der Waals surface area contributed by atoms with Gasteiger partial charge < -0.3 is 10.4 Å². The molecule has 10 heteroatoms. The minimum absolute atomic E-state index is 0.0301. The number of sulfonamides is 1. The molecular formula is C14H17N5O4S. The number of aliphatic carboxylic acids is 1. The third kappa shape index (κ3) is 3.71. The van der Waals surface area contributed by atoms with Crippen LogP contribution in [0.3, 0.4) is 0 Å². The summed E-state index contributed by atoms with van der Waals surface area (Å²) in [6, 6.07) is 4.43. The van der Waals surface area contributed by atoms with Crippen molar-refractivity contribution in [2.75, 3.05) is 11.3 Å². The van der Waals surface area contributed by atoms with E-state index < -0.39 is 27.3 Å². The third-order valence-electron chi connectivity index (χ3n) is 3.81. The molecule has 1 aliphatic heterocycles. The number of hydrogen-bond acceptors (Lipinski definition) is 6. The summed E-state index contributed by atoms with van der Waals surface area (Å²) in [7, 11) is -3.70. The maximum absolute atomic E-state index is 12.3. The Kier molecular flexibility index (Phi) is 4.49. The first-order valence-electron chi connectivity index (χ1n) is 7.34. The Morgan fingerprint density at radius 1 is 1.38 bits per heavy atom. The van der Waals surface area contributed by atoms with E-state index in [-0.39, 0.29) is 18.8 Å². The standard InChI is InChI=1S/C14H17N5O4S/c20-14(21)12-7-11(8-16-12)24(22,23)18-13-3-6-19(17-13)9-10-1-4-15-5-2-10/h1-6,11-12,16H,7-9H2,(H,17,18)(H,20,21). The van der Waals surface area contributed by atoms with E-state index in [9.17, 15) is 13.2 Å². The van der Waals surface area contributed by atoms with Crippen LogP contribution < -0.4 is 10.0 Å². The van der Waals surface area contributed by atoms with E-state index in [0.29, 0.717) is 6.54 Å². The number of carbonyl (C=O) groups is 1. The monoisotopic (exact) mass is 351 g/mol. The Morgan fingerprint density at radius 2 is 2.12 bits per heavy atom. The third-order valence-corrected chi connectivity index (χ3v) is 5.54. The van der Waals surface area contributed by atoms with Crippen LogP contribution >= 0.6 is 0 Å². The molecule has 128 valence electrons. The van der Waals surface area contributed by atoms with Crippen LogP contribution in [0.4, 0.5) is 5.82 Å². The molecule has 0 amide bonds. The van der Waals surface area contributed by atoms with Crippen LogP contribution in [0.1, 0.15) is 12.0 Å². The van der Waals surface area contributed by atoms with Crippen molar-refractivity contribution in [3.8, 4) is 0 Å². The number of carboxylic acids is 1. The molecule has 0 radical (unpaired) electrons. The summed E-state index contributed by atoms with van der Waals surface area (Å²) >= 11 is 0. The molecule has 2 atom stereocenters. The fraction of sp³-hybridized carbons (Fsp3) is 0.357. The van der Waals surface area contributed by atoms with Crippen LogP contribution in [0, 0.1) is 0 Å². The predicted octanol–water partition coefficient (Wildman–Crippen LogP) is -0.117. The lowest BCUT2D eigenvalue weighted by Crippen LogP contribution is -2.30. The van der Waals surface area contributed by atoms with Gasteiger partial charge in [0.25, 0.3) is 0 Å². The largest absolute Gasteiger partial charge is 0.480 e. The second-order valence-electron chi connectivity index (χ2n) is 5.56. The van der Waals surface area contributed by atoms with Gasteiger partial charge in [0.15, 0.2) is 5.82 Å². The molecule has 0 bridgehead atoms. The maximum Gasteiger partial charge on any atom is 0.320 e. The Morgan fingerprint density at radius 3 is 2.79 bits per heavy atom. The quantitative estimate of drug-likeness (QED) is 0.662. The minimum Gasteiger partial charge on any atom is -0.480 e. The van der Waals surface area contributed by atoms with Crippen LogP contribution in [-0.4, -0.2) is 52.1 Å². The molecule has 24 heavy (non-hydrogen) atoms. The zero-order valence-corrected chi connectivity index (χ0v) is 13.5. The fourth-order valence-electron chi connectivity index (χ4n) is 2.54. The molecule has 0 spiro atoms. The highest BCUT2D eigenvalue weighted by Crippen LogP contribution is 2.18. The number of carboxylic acid groups (broad SMARTS) is 1. The van der Waals surface area contributed by atoms with E-state index in [1.807, 2.05) is 12.1 Å². The van der Waals surface area contributed by atoms with Crippen LogP contribution in [0.2, 0.25) is 0 Å². The summed E-state index contributed by atoms with van der Waals surface area (Å²) in [4.78, 5) is 14.8.